The van der Waals surface area contributed by atoms with Crippen LogP contribution in [0.2, 0.25) is 0 Å². The highest BCUT2D eigenvalue weighted by Crippen LogP contribution is 2.32. The Kier molecular flexibility index (Phi) is 12.3. The third-order valence-corrected chi connectivity index (χ3v) is 5.85. The first-order valence-electron chi connectivity index (χ1n) is 10.1. The number of unbranched alkanes of at least 4 members (excludes halogenated alkanes) is 11. The zero-order valence-electron chi connectivity index (χ0n) is 15.8. The van der Waals surface area contributed by atoms with E-state index in [9.17, 15) is 5.11 Å². The molecule has 0 heterocycles. The second-order valence-corrected chi connectivity index (χ2v) is 8.29. The Labute approximate surface area is 158 Å². The van der Waals surface area contributed by atoms with E-state index in [4.69, 9.17) is 0 Å². The topological polar surface area (TPSA) is 20.2 Å². The van der Waals surface area contributed by atoms with Crippen molar-refractivity contribution in [3.8, 4) is 5.75 Å². The first-order valence-corrected chi connectivity index (χ1v) is 11.0. The molecule has 0 aliphatic heterocycles. The van der Waals surface area contributed by atoms with Crippen LogP contribution >= 0.6 is 15.9 Å². The van der Waals surface area contributed by atoms with E-state index >= 15 is 0 Å². The Morgan fingerprint density at radius 2 is 1.33 bits per heavy atom. The summed E-state index contributed by atoms with van der Waals surface area (Å²) in [4.78, 5) is 0.418. The van der Waals surface area contributed by atoms with Gasteiger partial charge in [-0.3, -0.25) is 0 Å². The highest BCUT2D eigenvalue weighted by Gasteiger charge is 2.10. The Hall–Kier alpha value is -0.500. The maximum atomic E-state index is 9.49. The van der Waals surface area contributed by atoms with Gasteiger partial charge in [0.15, 0.2) is 0 Å². The number of aromatic hydroxyl groups is 1. The van der Waals surface area contributed by atoms with Gasteiger partial charge in [0.25, 0.3) is 0 Å². The van der Waals surface area contributed by atoms with E-state index < -0.39 is 0 Å². The molecule has 1 atom stereocenters. The molecule has 0 spiro atoms. The SMILES string of the molecule is CCCCCCCCCCCCCCC(Br)c1ccc(O)cc1C. The predicted octanol–water partition coefficient (Wildman–Crippen LogP) is 8.23. The van der Waals surface area contributed by atoms with Crippen molar-refractivity contribution in [1.29, 1.82) is 0 Å². The van der Waals surface area contributed by atoms with Crippen LogP contribution in [0, 0.1) is 6.92 Å². The normalized spacial score (nSPS) is 12.5. The monoisotopic (exact) mass is 396 g/mol. The Morgan fingerprint density at radius 1 is 0.833 bits per heavy atom. The quantitative estimate of drug-likeness (QED) is 0.248. The zero-order chi connectivity index (χ0) is 17.6. The number of rotatable bonds is 14. The largest absolute Gasteiger partial charge is 0.508 e. The van der Waals surface area contributed by atoms with Gasteiger partial charge in [-0.05, 0) is 36.6 Å². The molecule has 1 rings (SSSR count). The molecule has 1 aromatic rings. The molecule has 1 nitrogen and oxygen atoms in total. The van der Waals surface area contributed by atoms with Gasteiger partial charge in [-0.15, -0.1) is 0 Å². The van der Waals surface area contributed by atoms with Crippen molar-refractivity contribution in [3.05, 3.63) is 29.3 Å². The summed E-state index contributed by atoms with van der Waals surface area (Å²) in [5.74, 6) is 0.362. The molecule has 0 aliphatic rings. The van der Waals surface area contributed by atoms with E-state index in [1.807, 2.05) is 12.1 Å². The Morgan fingerprint density at radius 3 is 1.83 bits per heavy atom. The van der Waals surface area contributed by atoms with Crippen LogP contribution in [0.5, 0.6) is 5.75 Å². The van der Waals surface area contributed by atoms with E-state index in [0.717, 1.165) is 0 Å². The molecule has 1 aromatic carbocycles. The second-order valence-electron chi connectivity index (χ2n) is 7.19. The van der Waals surface area contributed by atoms with Crippen LogP contribution in [0.3, 0.4) is 0 Å². The highest BCUT2D eigenvalue weighted by molar-refractivity contribution is 9.09. The smallest absolute Gasteiger partial charge is 0.115 e. The number of halogens is 1. The average Bonchev–Trinajstić information content (AvgIpc) is 2.55. The van der Waals surface area contributed by atoms with Crippen molar-refractivity contribution in [2.45, 2.75) is 102 Å². The molecular weight excluding hydrogens is 360 g/mol. The first-order chi connectivity index (χ1) is 11.6. The summed E-state index contributed by atoms with van der Waals surface area (Å²) in [6, 6.07) is 5.69. The number of hydrogen-bond acceptors (Lipinski definition) is 1. The lowest BCUT2D eigenvalue weighted by molar-refractivity contribution is 0.474. The van der Waals surface area contributed by atoms with Gasteiger partial charge in [-0.1, -0.05) is 106 Å². The summed E-state index contributed by atoms with van der Waals surface area (Å²) < 4.78 is 0. The summed E-state index contributed by atoms with van der Waals surface area (Å²) in [7, 11) is 0. The van der Waals surface area contributed by atoms with Crippen LogP contribution in [-0.2, 0) is 0 Å². The minimum atomic E-state index is 0.362. The summed E-state index contributed by atoms with van der Waals surface area (Å²) in [5, 5.41) is 9.49. The molecule has 0 saturated heterocycles. The highest BCUT2D eigenvalue weighted by atomic mass is 79.9. The molecule has 0 amide bonds. The second kappa shape index (κ2) is 13.8. The maximum Gasteiger partial charge on any atom is 0.115 e. The molecule has 0 radical (unpaired) electrons. The van der Waals surface area contributed by atoms with Gasteiger partial charge in [0, 0.05) is 4.83 Å². The summed E-state index contributed by atoms with van der Waals surface area (Å²) in [5.41, 5.74) is 2.49. The minimum absolute atomic E-state index is 0.362. The summed E-state index contributed by atoms with van der Waals surface area (Å²) >= 11 is 3.81. The first kappa shape index (κ1) is 21.5. The Bertz CT molecular complexity index is 430. The molecule has 0 saturated carbocycles. The lowest BCUT2D eigenvalue weighted by atomic mass is 10.0. The molecular formula is C22H37BrO. The number of aryl methyl sites for hydroxylation is 1. The minimum Gasteiger partial charge on any atom is -0.508 e. The summed E-state index contributed by atoms with van der Waals surface area (Å²) in [6.45, 7) is 4.36. The van der Waals surface area contributed by atoms with Gasteiger partial charge < -0.3 is 5.11 Å². The molecule has 1 N–H and O–H groups in total. The van der Waals surface area contributed by atoms with Gasteiger partial charge in [0.2, 0.25) is 0 Å². The lowest BCUT2D eigenvalue weighted by Crippen LogP contribution is -1.94. The van der Waals surface area contributed by atoms with Crippen molar-refractivity contribution in [1.82, 2.24) is 0 Å². The number of phenols is 1. The van der Waals surface area contributed by atoms with Gasteiger partial charge >= 0.3 is 0 Å². The number of phenolic OH excluding ortho intramolecular Hbond substituents is 1. The van der Waals surface area contributed by atoms with Crippen molar-refractivity contribution < 1.29 is 5.11 Å². The molecule has 1 unspecified atom stereocenters. The van der Waals surface area contributed by atoms with Crippen molar-refractivity contribution in [3.63, 3.8) is 0 Å². The predicted molar refractivity (Wildman–Crippen MR) is 110 cm³/mol. The molecule has 24 heavy (non-hydrogen) atoms. The van der Waals surface area contributed by atoms with Crippen molar-refractivity contribution >= 4 is 15.9 Å². The van der Waals surface area contributed by atoms with Crippen molar-refractivity contribution in [2.75, 3.05) is 0 Å². The van der Waals surface area contributed by atoms with Crippen LogP contribution in [0.25, 0.3) is 0 Å². The number of hydrogen-bond donors (Lipinski definition) is 1. The van der Waals surface area contributed by atoms with Gasteiger partial charge in [-0.2, -0.15) is 0 Å². The average molecular weight is 397 g/mol. The van der Waals surface area contributed by atoms with Crippen LogP contribution in [-0.4, -0.2) is 5.11 Å². The van der Waals surface area contributed by atoms with Crippen LogP contribution in [0.1, 0.15) is 106 Å². The third kappa shape index (κ3) is 9.71. The molecule has 138 valence electrons. The standard InChI is InChI=1S/C22H37BrO/c1-3-4-5-6-7-8-9-10-11-12-13-14-15-22(23)21-17-16-20(24)18-19(21)2/h16-18,22,24H,3-15H2,1-2H3. The van der Waals surface area contributed by atoms with E-state index in [0.29, 0.717) is 10.6 Å². The fraction of sp³-hybridized carbons (Fsp3) is 0.727. The van der Waals surface area contributed by atoms with E-state index in [1.165, 1.54) is 94.6 Å². The molecule has 0 aliphatic carbocycles. The van der Waals surface area contributed by atoms with E-state index in [2.05, 4.69) is 29.8 Å². The lowest BCUT2D eigenvalue weighted by Gasteiger charge is -2.13. The molecule has 0 aromatic heterocycles. The van der Waals surface area contributed by atoms with Crippen LogP contribution in [0.15, 0.2) is 18.2 Å². The van der Waals surface area contributed by atoms with Gasteiger partial charge in [-0.25, -0.2) is 0 Å². The summed E-state index contributed by atoms with van der Waals surface area (Å²) in [6.07, 6.45) is 18.0. The number of benzene rings is 1. The van der Waals surface area contributed by atoms with Crippen LogP contribution < -0.4 is 0 Å². The fourth-order valence-electron chi connectivity index (χ4n) is 3.33. The number of alkyl halides is 1. The third-order valence-electron chi connectivity index (χ3n) is 4.90. The molecule has 2 heteroatoms. The van der Waals surface area contributed by atoms with Crippen molar-refractivity contribution in [2.24, 2.45) is 0 Å². The van der Waals surface area contributed by atoms with E-state index in [-0.39, 0.29) is 0 Å². The fourth-order valence-corrected chi connectivity index (χ4v) is 4.17. The molecule has 0 bridgehead atoms. The van der Waals surface area contributed by atoms with E-state index in [1.54, 1.807) is 6.07 Å². The van der Waals surface area contributed by atoms with Crippen LogP contribution in [0.4, 0.5) is 0 Å². The Balaban J connectivity index is 1.96. The van der Waals surface area contributed by atoms with Gasteiger partial charge in [0.05, 0.1) is 0 Å². The molecule has 0 fully saturated rings. The van der Waals surface area contributed by atoms with Gasteiger partial charge in [0.1, 0.15) is 5.75 Å². The zero-order valence-corrected chi connectivity index (χ0v) is 17.4. The maximum absolute atomic E-state index is 9.49.